The average molecular weight is 481 g/mol. The van der Waals surface area contributed by atoms with Crippen LogP contribution >= 0.6 is 24.0 Å². The molecule has 0 spiro atoms. The van der Waals surface area contributed by atoms with Gasteiger partial charge in [-0.25, -0.2) is 0 Å². The van der Waals surface area contributed by atoms with Gasteiger partial charge in [-0.3, -0.25) is 9.67 Å². The number of rotatable bonds is 5. The molecule has 1 aliphatic heterocycles. The fourth-order valence-corrected chi connectivity index (χ4v) is 3.77. The molecule has 1 aromatic carbocycles. The molecule has 6 heteroatoms. The number of hydrogen-bond donors (Lipinski definition) is 1. The molecule has 148 valence electrons. The Bertz CT molecular complexity index is 755. The topological polar surface area (TPSA) is 45.5 Å². The number of likely N-dealkylation sites (tertiary alicyclic amines) is 1. The zero-order chi connectivity index (χ0) is 18.5. The summed E-state index contributed by atoms with van der Waals surface area (Å²) in [7, 11) is 3.86. The van der Waals surface area contributed by atoms with Gasteiger partial charge in [0.25, 0.3) is 0 Å². The van der Waals surface area contributed by atoms with Gasteiger partial charge in [-0.1, -0.05) is 36.8 Å². The van der Waals surface area contributed by atoms with Crippen molar-refractivity contribution in [2.45, 2.75) is 32.6 Å². The molecular formula is C21H32IN5. The van der Waals surface area contributed by atoms with Gasteiger partial charge in [0.1, 0.15) is 0 Å². The van der Waals surface area contributed by atoms with Crippen molar-refractivity contribution in [3.8, 4) is 0 Å². The summed E-state index contributed by atoms with van der Waals surface area (Å²) < 4.78 is 1.88. The molecule has 0 bridgehead atoms. The number of aromatic nitrogens is 2. The Morgan fingerprint density at radius 1 is 1.41 bits per heavy atom. The second-order valence-electron chi connectivity index (χ2n) is 7.57. The highest BCUT2D eigenvalue weighted by Gasteiger charge is 2.25. The monoisotopic (exact) mass is 481 g/mol. The SMILES string of the molecule is CN=C(NCC(C)c1cccc(C)c1)N1CCC(Cc2cnn(C)c2)C1.I. The number of nitrogens with one attached hydrogen (secondary N) is 1. The predicted octanol–water partition coefficient (Wildman–Crippen LogP) is 3.59. The van der Waals surface area contributed by atoms with Gasteiger partial charge in [-0.15, -0.1) is 24.0 Å². The van der Waals surface area contributed by atoms with E-state index in [1.165, 1.54) is 23.1 Å². The van der Waals surface area contributed by atoms with Crippen molar-refractivity contribution in [2.24, 2.45) is 18.0 Å². The van der Waals surface area contributed by atoms with E-state index in [0.717, 1.165) is 32.0 Å². The molecule has 2 atom stereocenters. The molecule has 1 aromatic heterocycles. The summed E-state index contributed by atoms with van der Waals surface area (Å²) in [5, 5.41) is 7.86. The lowest BCUT2D eigenvalue weighted by atomic mass is 9.99. The van der Waals surface area contributed by atoms with Gasteiger partial charge in [-0.05, 0) is 42.7 Å². The third-order valence-electron chi connectivity index (χ3n) is 5.26. The Balaban J connectivity index is 0.00000261. The van der Waals surface area contributed by atoms with Crippen LogP contribution in [0.25, 0.3) is 0 Å². The molecule has 3 rings (SSSR count). The van der Waals surface area contributed by atoms with E-state index in [0.29, 0.717) is 11.8 Å². The minimum Gasteiger partial charge on any atom is -0.356 e. The first-order valence-electron chi connectivity index (χ1n) is 9.55. The molecule has 1 N–H and O–H groups in total. The summed E-state index contributed by atoms with van der Waals surface area (Å²) in [6.07, 6.45) is 6.42. The van der Waals surface area contributed by atoms with E-state index in [9.17, 15) is 0 Å². The summed E-state index contributed by atoms with van der Waals surface area (Å²) in [4.78, 5) is 6.91. The Labute approximate surface area is 180 Å². The van der Waals surface area contributed by atoms with Crippen molar-refractivity contribution >= 4 is 29.9 Å². The molecule has 27 heavy (non-hydrogen) atoms. The van der Waals surface area contributed by atoms with Gasteiger partial charge < -0.3 is 10.2 Å². The fraction of sp³-hybridized carbons (Fsp3) is 0.524. The van der Waals surface area contributed by atoms with Crippen LogP contribution in [-0.4, -0.2) is 47.3 Å². The number of benzene rings is 1. The van der Waals surface area contributed by atoms with E-state index in [4.69, 9.17) is 0 Å². The van der Waals surface area contributed by atoms with Crippen LogP contribution in [0.4, 0.5) is 0 Å². The van der Waals surface area contributed by atoms with Crippen LogP contribution in [0.15, 0.2) is 41.7 Å². The molecule has 1 aliphatic rings. The molecule has 0 aliphatic carbocycles. The molecule has 5 nitrogen and oxygen atoms in total. The fourth-order valence-electron chi connectivity index (χ4n) is 3.77. The second kappa shape index (κ2) is 10.1. The predicted molar refractivity (Wildman–Crippen MR) is 123 cm³/mol. The largest absolute Gasteiger partial charge is 0.356 e. The van der Waals surface area contributed by atoms with Gasteiger partial charge in [0.05, 0.1) is 6.20 Å². The minimum absolute atomic E-state index is 0. The Kier molecular flexibility index (Phi) is 8.13. The lowest BCUT2D eigenvalue weighted by Crippen LogP contribution is -2.41. The quantitative estimate of drug-likeness (QED) is 0.404. The van der Waals surface area contributed by atoms with E-state index >= 15 is 0 Å². The van der Waals surface area contributed by atoms with Crippen LogP contribution in [0.1, 0.15) is 36.0 Å². The molecule has 1 saturated heterocycles. The van der Waals surface area contributed by atoms with E-state index in [-0.39, 0.29) is 24.0 Å². The van der Waals surface area contributed by atoms with Crippen molar-refractivity contribution in [2.75, 3.05) is 26.7 Å². The van der Waals surface area contributed by atoms with Crippen LogP contribution < -0.4 is 5.32 Å². The zero-order valence-corrected chi connectivity index (χ0v) is 19.2. The lowest BCUT2D eigenvalue weighted by molar-refractivity contribution is 0.457. The molecule has 0 radical (unpaired) electrons. The number of aliphatic imine (C=N–C) groups is 1. The highest BCUT2D eigenvalue weighted by atomic mass is 127. The summed E-state index contributed by atoms with van der Waals surface area (Å²) >= 11 is 0. The van der Waals surface area contributed by atoms with Crippen LogP contribution in [0.3, 0.4) is 0 Å². The molecule has 2 heterocycles. The first-order chi connectivity index (χ1) is 12.5. The van der Waals surface area contributed by atoms with Crippen LogP contribution in [0, 0.1) is 12.8 Å². The van der Waals surface area contributed by atoms with Gasteiger partial charge in [0.15, 0.2) is 5.96 Å². The minimum atomic E-state index is 0. The highest BCUT2D eigenvalue weighted by molar-refractivity contribution is 14.0. The summed E-state index contributed by atoms with van der Waals surface area (Å²) in [5.41, 5.74) is 4.02. The van der Waals surface area contributed by atoms with E-state index < -0.39 is 0 Å². The molecule has 2 unspecified atom stereocenters. The molecule has 0 saturated carbocycles. The lowest BCUT2D eigenvalue weighted by Gasteiger charge is -2.23. The Morgan fingerprint density at radius 2 is 2.22 bits per heavy atom. The molecule has 1 fully saturated rings. The number of halogens is 1. The second-order valence-corrected chi connectivity index (χ2v) is 7.57. The van der Waals surface area contributed by atoms with E-state index in [1.54, 1.807) is 0 Å². The molecule has 0 amide bonds. The average Bonchev–Trinajstić information content (AvgIpc) is 3.25. The van der Waals surface area contributed by atoms with Gasteiger partial charge in [-0.2, -0.15) is 5.10 Å². The van der Waals surface area contributed by atoms with Crippen molar-refractivity contribution in [1.29, 1.82) is 0 Å². The van der Waals surface area contributed by atoms with Crippen molar-refractivity contribution in [3.63, 3.8) is 0 Å². The van der Waals surface area contributed by atoms with E-state index in [2.05, 4.69) is 64.6 Å². The smallest absolute Gasteiger partial charge is 0.193 e. The van der Waals surface area contributed by atoms with Crippen molar-refractivity contribution in [3.05, 3.63) is 53.3 Å². The third-order valence-corrected chi connectivity index (χ3v) is 5.26. The number of nitrogens with zero attached hydrogens (tertiary/aromatic N) is 4. The Morgan fingerprint density at radius 3 is 2.89 bits per heavy atom. The first kappa shape index (κ1) is 21.7. The third kappa shape index (κ3) is 5.96. The maximum absolute atomic E-state index is 4.51. The summed E-state index contributed by atoms with van der Waals surface area (Å²) in [5.74, 6) is 2.16. The summed E-state index contributed by atoms with van der Waals surface area (Å²) in [6, 6.07) is 8.77. The molecular weight excluding hydrogens is 449 g/mol. The molecule has 2 aromatic rings. The van der Waals surface area contributed by atoms with E-state index in [1.807, 2.05) is 25.0 Å². The van der Waals surface area contributed by atoms with Crippen molar-refractivity contribution < 1.29 is 0 Å². The maximum Gasteiger partial charge on any atom is 0.193 e. The summed E-state index contributed by atoms with van der Waals surface area (Å²) in [6.45, 7) is 7.45. The van der Waals surface area contributed by atoms with Crippen LogP contribution in [0.2, 0.25) is 0 Å². The number of hydrogen-bond acceptors (Lipinski definition) is 2. The van der Waals surface area contributed by atoms with Crippen LogP contribution in [-0.2, 0) is 13.5 Å². The highest BCUT2D eigenvalue weighted by Crippen LogP contribution is 2.21. The van der Waals surface area contributed by atoms with Gasteiger partial charge >= 0.3 is 0 Å². The first-order valence-corrected chi connectivity index (χ1v) is 9.55. The normalized spacial score (nSPS) is 18.3. The van der Waals surface area contributed by atoms with Gasteiger partial charge in [0, 0.05) is 39.9 Å². The van der Waals surface area contributed by atoms with Gasteiger partial charge in [0.2, 0.25) is 0 Å². The van der Waals surface area contributed by atoms with Crippen LogP contribution in [0.5, 0.6) is 0 Å². The maximum atomic E-state index is 4.51. The standard InChI is InChI=1S/C21H31N5.HI/c1-16-6-5-7-20(10-16)17(2)12-23-21(22-3)26-9-8-18(15-26)11-19-13-24-25(4)14-19;/h5-7,10,13-14,17-18H,8-9,11-12,15H2,1-4H3,(H,22,23);1H. The number of aryl methyl sites for hydroxylation is 2. The Hall–Kier alpha value is -1.57. The van der Waals surface area contributed by atoms with Crippen molar-refractivity contribution in [1.82, 2.24) is 20.0 Å². The zero-order valence-electron chi connectivity index (χ0n) is 16.9. The number of guanidine groups is 1.